The summed E-state index contributed by atoms with van der Waals surface area (Å²) in [6.45, 7) is 0.560. The van der Waals surface area contributed by atoms with E-state index in [0.717, 1.165) is 0 Å². The molecular weight excluding hydrogens is 734 g/mol. The van der Waals surface area contributed by atoms with Crippen LogP contribution in [0, 0.1) is 0 Å². The number of benzene rings is 2. The second-order valence-corrected chi connectivity index (χ2v) is 12.6. The number of aliphatic hydroxyl groups is 7. The van der Waals surface area contributed by atoms with Crippen molar-refractivity contribution in [2.45, 2.75) is 86.8 Å². The molecule has 19 nitrogen and oxygen atoms in total. The lowest BCUT2D eigenvalue weighted by Crippen LogP contribution is -2.53. The van der Waals surface area contributed by atoms with Gasteiger partial charge in [0.15, 0.2) is 30.2 Å². The van der Waals surface area contributed by atoms with Crippen LogP contribution in [0.2, 0.25) is 0 Å². The van der Waals surface area contributed by atoms with Crippen LogP contribution in [-0.4, -0.2) is 149 Å². The highest BCUT2D eigenvalue weighted by atomic mass is 35.5. The van der Waals surface area contributed by atoms with Crippen LogP contribution < -0.4 is 10.5 Å². The Hall–Kier alpha value is -4.12. The van der Waals surface area contributed by atoms with Crippen molar-refractivity contribution in [1.82, 2.24) is 0 Å². The first-order valence-electron chi connectivity index (χ1n) is 15.7. The molecule has 53 heavy (non-hydrogen) atoms. The summed E-state index contributed by atoms with van der Waals surface area (Å²) in [7, 11) is 1.32. The molecule has 0 amide bonds. The predicted octanol–water partition coefficient (Wildman–Crippen LogP) is -2.86. The van der Waals surface area contributed by atoms with E-state index in [-0.39, 0.29) is 53.1 Å². The third-order valence-corrected chi connectivity index (χ3v) is 9.22. The number of nitrogens with two attached hydrogens (primary N) is 1. The Kier molecular flexibility index (Phi) is 13.8. The molecule has 5 rings (SSSR count). The van der Waals surface area contributed by atoms with Gasteiger partial charge in [-0.25, -0.2) is 4.79 Å². The highest BCUT2D eigenvalue weighted by Gasteiger charge is 2.50. The number of rotatable bonds is 10. The van der Waals surface area contributed by atoms with E-state index in [1.807, 2.05) is 0 Å². The number of carboxylic acids is 1. The van der Waals surface area contributed by atoms with E-state index in [1.54, 1.807) is 6.92 Å². The summed E-state index contributed by atoms with van der Waals surface area (Å²) >= 11 is 0. The van der Waals surface area contributed by atoms with Crippen LogP contribution in [0.1, 0.15) is 68.8 Å². The lowest BCUT2D eigenvalue weighted by molar-refractivity contribution is -0.247. The smallest absolute Gasteiger partial charge is 0.335 e. The van der Waals surface area contributed by atoms with Crippen LogP contribution in [0.25, 0.3) is 0 Å². The summed E-state index contributed by atoms with van der Waals surface area (Å²) < 4.78 is 17.0. The van der Waals surface area contributed by atoms with Gasteiger partial charge in [-0.05, 0) is 13.0 Å². The minimum atomic E-state index is -2.25. The SMILES string of the molecule is COc1cccc2c1C(=O)c1c(O)c3c(c(O)c1C2=O)C[C@@](O)(C(=O)CO)C[C@@H]3O[C@H]1C[C@H](N)[C@H](O)[C@H](C)O1.Cl.O=C[C@H](O)[C@@H](O)[C@H](O)[C@H](O)C(=O)O. The first-order valence-corrected chi connectivity index (χ1v) is 15.7. The number of ether oxygens (including phenoxy) is 3. The minimum absolute atomic E-state index is 0. The van der Waals surface area contributed by atoms with Crippen molar-refractivity contribution < 1.29 is 89.2 Å². The molecule has 0 radical (unpaired) electrons. The number of aliphatic carboxylic acids is 1. The van der Waals surface area contributed by atoms with E-state index < -0.39 is 126 Å². The molecule has 10 atom stereocenters. The Morgan fingerprint density at radius 1 is 1.06 bits per heavy atom. The molecule has 12 N–H and O–H groups in total. The van der Waals surface area contributed by atoms with E-state index >= 15 is 0 Å². The Labute approximate surface area is 306 Å². The number of hydrogen-bond acceptors (Lipinski definition) is 18. The van der Waals surface area contributed by atoms with Gasteiger partial charge in [-0.15, -0.1) is 12.4 Å². The maximum Gasteiger partial charge on any atom is 0.335 e. The number of Topliss-reactive ketones (excluding diaryl/α,β-unsaturated/α-hetero) is 1. The van der Waals surface area contributed by atoms with Crippen LogP contribution >= 0.6 is 12.4 Å². The third-order valence-electron chi connectivity index (χ3n) is 9.22. The van der Waals surface area contributed by atoms with Crippen LogP contribution in [0.4, 0.5) is 0 Å². The molecule has 0 saturated carbocycles. The molecule has 1 fully saturated rings. The van der Waals surface area contributed by atoms with Crippen LogP contribution in [0.15, 0.2) is 18.2 Å². The molecule has 0 bridgehead atoms. The fourth-order valence-electron chi connectivity index (χ4n) is 6.37. The molecular formula is C33H40ClNO18. The average Bonchev–Trinajstić information content (AvgIpc) is 3.12. The first kappa shape index (κ1) is 43.3. The van der Waals surface area contributed by atoms with Crippen molar-refractivity contribution >= 4 is 42.0 Å². The Morgan fingerprint density at radius 2 is 1.68 bits per heavy atom. The number of aromatic hydroxyl groups is 2. The predicted molar refractivity (Wildman–Crippen MR) is 177 cm³/mol. The highest BCUT2D eigenvalue weighted by molar-refractivity contribution is 6.31. The van der Waals surface area contributed by atoms with Crippen molar-refractivity contribution in [2.24, 2.45) is 5.73 Å². The third kappa shape index (κ3) is 8.05. The highest BCUT2D eigenvalue weighted by Crippen LogP contribution is 2.52. The largest absolute Gasteiger partial charge is 0.507 e. The van der Waals surface area contributed by atoms with E-state index in [0.29, 0.717) is 0 Å². The molecule has 3 aliphatic rings. The van der Waals surface area contributed by atoms with Gasteiger partial charge in [0.05, 0.1) is 42.1 Å². The van der Waals surface area contributed by atoms with Gasteiger partial charge in [-0.2, -0.15) is 0 Å². The Balaban J connectivity index is 0.000000464. The summed E-state index contributed by atoms with van der Waals surface area (Å²) in [5, 5.41) is 96.9. The molecule has 2 aliphatic carbocycles. The average molecular weight is 774 g/mol. The van der Waals surface area contributed by atoms with Crippen molar-refractivity contribution in [3.63, 3.8) is 0 Å². The number of phenolic OH excluding ortho intramolecular Hbond substituents is 2. The molecule has 0 aromatic heterocycles. The number of aldehydes is 1. The normalized spacial score (nSPS) is 26.9. The van der Waals surface area contributed by atoms with Crippen molar-refractivity contribution in [3.05, 3.63) is 51.6 Å². The molecule has 1 heterocycles. The zero-order valence-corrected chi connectivity index (χ0v) is 28.9. The molecule has 292 valence electrons. The number of carbonyl (C=O) groups excluding carboxylic acids is 4. The maximum atomic E-state index is 13.6. The van der Waals surface area contributed by atoms with Crippen LogP contribution in [0.3, 0.4) is 0 Å². The Morgan fingerprint density at radius 3 is 2.23 bits per heavy atom. The van der Waals surface area contributed by atoms with Crippen LogP contribution in [0.5, 0.6) is 17.2 Å². The second kappa shape index (κ2) is 16.9. The van der Waals surface area contributed by atoms with Gasteiger partial charge in [-0.3, -0.25) is 14.4 Å². The Bertz CT molecular complexity index is 1740. The van der Waals surface area contributed by atoms with E-state index in [2.05, 4.69) is 0 Å². The number of methoxy groups -OCH3 is 1. The monoisotopic (exact) mass is 773 g/mol. The van der Waals surface area contributed by atoms with Gasteiger partial charge in [0.2, 0.25) is 5.78 Å². The first-order chi connectivity index (χ1) is 24.3. The van der Waals surface area contributed by atoms with Gasteiger partial charge in [-0.1, -0.05) is 12.1 Å². The molecule has 2 aromatic rings. The number of ketones is 3. The van der Waals surface area contributed by atoms with Gasteiger partial charge in [0, 0.05) is 42.0 Å². The summed E-state index contributed by atoms with van der Waals surface area (Å²) in [6, 6.07) is 3.64. The van der Waals surface area contributed by atoms with Crippen molar-refractivity contribution in [2.75, 3.05) is 13.7 Å². The quantitative estimate of drug-likeness (QED) is 0.0729. The van der Waals surface area contributed by atoms with Gasteiger partial charge < -0.3 is 75.8 Å². The number of aliphatic hydroxyl groups excluding tert-OH is 6. The number of phenols is 2. The number of halogens is 1. The van der Waals surface area contributed by atoms with Gasteiger partial charge >= 0.3 is 5.97 Å². The van der Waals surface area contributed by atoms with Gasteiger partial charge in [0.1, 0.15) is 47.8 Å². The molecule has 0 spiro atoms. The number of hydrogen-bond donors (Lipinski definition) is 11. The lowest BCUT2D eigenvalue weighted by atomic mass is 9.72. The molecule has 20 heteroatoms. The van der Waals surface area contributed by atoms with Crippen LogP contribution in [-0.2, 0) is 30.3 Å². The summed E-state index contributed by atoms with van der Waals surface area (Å²) in [5.41, 5.74) is 2.37. The van der Waals surface area contributed by atoms with Gasteiger partial charge in [0.25, 0.3) is 0 Å². The lowest BCUT2D eigenvalue weighted by Gasteiger charge is -2.42. The number of carbonyl (C=O) groups is 5. The zero-order valence-electron chi connectivity index (χ0n) is 28.1. The summed E-state index contributed by atoms with van der Waals surface area (Å²) in [5.74, 6) is -5.53. The molecule has 2 aromatic carbocycles. The molecule has 0 unspecified atom stereocenters. The fraction of sp³-hybridized carbons (Fsp3) is 0.485. The zero-order chi connectivity index (χ0) is 39.0. The number of fused-ring (bicyclic) bond motifs is 3. The minimum Gasteiger partial charge on any atom is -0.507 e. The van der Waals surface area contributed by atoms with Crippen molar-refractivity contribution in [3.8, 4) is 17.2 Å². The number of carboxylic acid groups (broad SMARTS) is 1. The van der Waals surface area contributed by atoms with E-state index in [9.17, 15) is 49.5 Å². The fourth-order valence-corrected chi connectivity index (χ4v) is 6.37. The topological polar surface area (TPSA) is 341 Å². The summed E-state index contributed by atoms with van der Waals surface area (Å²) in [6.07, 6.45) is -13.5. The molecule has 1 saturated heterocycles. The summed E-state index contributed by atoms with van der Waals surface area (Å²) in [4.78, 5) is 59.7. The maximum absolute atomic E-state index is 13.6. The second-order valence-electron chi connectivity index (χ2n) is 12.6. The standard InChI is InChI=1S/C27H29NO11.C6H10O7.ClH/c1-10-22(31)13(28)6-17(38-10)39-15-8-27(36,16(30)9-29)7-12-19(15)26(35)21-20(24(12)33)23(32)11-4-3-5-14(37-2)18(11)25(21)34;7-1-2(8)3(9)4(10)5(11)6(12)13;/h3-5,10,13,15,17,22,29,31,33,35-36H,6-9,28H2,1-2H3;1-5,8-11H,(H,12,13);1H/t10-,13-,15-,17-,22+,27-;2-,3+,4-,5-;/m00./s1. The molecule has 1 aliphatic heterocycles. The van der Waals surface area contributed by atoms with E-state index in [1.165, 1.54) is 25.3 Å². The van der Waals surface area contributed by atoms with Crippen molar-refractivity contribution in [1.29, 1.82) is 0 Å². The van der Waals surface area contributed by atoms with E-state index in [4.69, 9.17) is 45.5 Å².